The van der Waals surface area contributed by atoms with Crippen LogP contribution in [0.1, 0.15) is 95.5 Å². The number of rotatable bonds is 24. The van der Waals surface area contributed by atoms with Crippen LogP contribution in [0.4, 0.5) is 0 Å². The van der Waals surface area contributed by atoms with E-state index in [9.17, 15) is 29.1 Å². The van der Waals surface area contributed by atoms with Crippen molar-refractivity contribution in [2.24, 2.45) is 17.4 Å². The van der Waals surface area contributed by atoms with E-state index in [4.69, 9.17) is 16.2 Å². The third-order valence-corrected chi connectivity index (χ3v) is 6.70. The Bertz CT molecular complexity index is 895. The highest BCUT2D eigenvalue weighted by Crippen LogP contribution is 2.14. The lowest BCUT2D eigenvalue weighted by molar-refractivity contribution is -0.145. The molecule has 1 amide bonds. The molecular formula is C30H46N3O7. The van der Waals surface area contributed by atoms with Crippen LogP contribution in [0, 0.1) is 5.92 Å². The van der Waals surface area contributed by atoms with Crippen molar-refractivity contribution in [1.82, 2.24) is 5.32 Å². The van der Waals surface area contributed by atoms with Gasteiger partial charge in [0.05, 0.1) is 12.0 Å². The van der Waals surface area contributed by atoms with Gasteiger partial charge in [0.1, 0.15) is 12.6 Å². The number of carbonyl (C=O) groups excluding carboxylic acids is 4. The zero-order valence-corrected chi connectivity index (χ0v) is 23.5. The number of ketones is 1. The maximum Gasteiger partial charge on any atom is 0.326 e. The van der Waals surface area contributed by atoms with Crippen LogP contribution in [0.15, 0.2) is 30.3 Å². The van der Waals surface area contributed by atoms with E-state index in [2.05, 4.69) is 5.32 Å². The van der Waals surface area contributed by atoms with E-state index < -0.39 is 35.7 Å². The number of hydrogen-bond acceptors (Lipinski definition) is 8. The van der Waals surface area contributed by atoms with Gasteiger partial charge in [0.15, 0.2) is 5.78 Å². The first kappa shape index (κ1) is 34.9. The predicted octanol–water partition coefficient (Wildman–Crippen LogP) is 3.34. The fourth-order valence-electron chi connectivity index (χ4n) is 4.28. The minimum Gasteiger partial charge on any atom is -0.480 e. The number of unbranched alkanes of at least 4 members (excludes halogenated alkanes) is 8. The first-order valence-electron chi connectivity index (χ1n) is 14.4. The number of amides is 1. The minimum atomic E-state index is -1.37. The van der Waals surface area contributed by atoms with Crippen LogP contribution in [0.5, 0.6) is 0 Å². The van der Waals surface area contributed by atoms with Crippen molar-refractivity contribution < 1.29 is 33.8 Å². The molecule has 0 aliphatic carbocycles. The zero-order chi connectivity index (χ0) is 29.6. The Morgan fingerprint density at radius 3 is 2.05 bits per heavy atom. The summed E-state index contributed by atoms with van der Waals surface area (Å²) >= 11 is 0. The van der Waals surface area contributed by atoms with Gasteiger partial charge in [0.25, 0.3) is 0 Å². The number of nitrogens with one attached hydrogen (secondary N) is 1. The van der Waals surface area contributed by atoms with Crippen LogP contribution < -0.4 is 16.8 Å². The van der Waals surface area contributed by atoms with Crippen LogP contribution in [-0.2, 0) is 35.3 Å². The van der Waals surface area contributed by atoms with Gasteiger partial charge in [-0.25, -0.2) is 4.79 Å². The maximum absolute atomic E-state index is 12.4. The Kier molecular flexibility index (Phi) is 18.9. The standard InChI is InChI=1S/C30H46N3O7/c31-19-13-12-16-25(32)29(37)24(21-34)20-26(30(38)39)33-27(35)17-10-5-3-1-2-4-6-11-18-28(36)40-22-23-14-8-7-9-15-23/h7-9,14-15,24-26H,1-6,10-13,16-20,22,31-32H2,(H,33,35)(H,38,39)/t24?,25-,26-/m0/s1. The highest BCUT2D eigenvalue weighted by Gasteiger charge is 2.31. The van der Waals surface area contributed by atoms with Gasteiger partial charge in [0, 0.05) is 12.8 Å². The molecule has 0 saturated heterocycles. The van der Waals surface area contributed by atoms with E-state index in [1.165, 1.54) is 0 Å². The third kappa shape index (κ3) is 16.1. The summed E-state index contributed by atoms with van der Waals surface area (Å²) < 4.78 is 5.27. The SMILES string of the molecule is NCCCC[C@H](N)C(=O)C([C]=O)C[C@H](NC(=O)CCCCCCCCCCC(=O)OCc1ccccc1)C(=O)O. The summed E-state index contributed by atoms with van der Waals surface area (Å²) in [5, 5.41) is 11.9. The highest BCUT2D eigenvalue weighted by atomic mass is 16.5. The van der Waals surface area contributed by atoms with E-state index in [-0.39, 0.29) is 18.8 Å². The van der Waals surface area contributed by atoms with Crippen molar-refractivity contribution in [1.29, 1.82) is 0 Å². The fourth-order valence-corrected chi connectivity index (χ4v) is 4.28. The van der Waals surface area contributed by atoms with Crippen LogP contribution >= 0.6 is 0 Å². The molecule has 0 aliphatic rings. The van der Waals surface area contributed by atoms with Gasteiger partial charge in [-0.15, -0.1) is 0 Å². The molecule has 0 spiro atoms. The smallest absolute Gasteiger partial charge is 0.326 e. The molecule has 6 N–H and O–H groups in total. The van der Waals surface area contributed by atoms with Crippen LogP contribution in [0.2, 0.25) is 0 Å². The second-order valence-electron chi connectivity index (χ2n) is 10.1. The number of benzene rings is 1. The summed E-state index contributed by atoms with van der Waals surface area (Å²) in [5.41, 5.74) is 12.2. The van der Waals surface area contributed by atoms with E-state index in [1.807, 2.05) is 30.3 Å². The molecule has 1 aromatic carbocycles. The van der Waals surface area contributed by atoms with Gasteiger partial charge >= 0.3 is 11.9 Å². The number of nitrogens with two attached hydrogens (primary N) is 2. The molecule has 0 bridgehead atoms. The minimum absolute atomic E-state index is 0.164. The number of carbonyl (C=O) groups is 4. The number of hydrogen-bond donors (Lipinski definition) is 4. The molecule has 0 aromatic heterocycles. The molecule has 3 atom stereocenters. The van der Waals surface area contributed by atoms with E-state index in [1.54, 1.807) is 6.29 Å². The van der Waals surface area contributed by atoms with Crippen LogP contribution in [0.3, 0.4) is 0 Å². The van der Waals surface area contributed by atoms with Gasteiger partial charge in [-0.3, -0.25) is 19.2 Å². The number of ether oxygens (including phenoxy) is 1. The van der Waals surface area contributed by atoms with Crippen LogP contribution in [0.25, 0.3) is 0 Å². The van der Waals surface area contributed by atoms with Gasteiger partial charge in [0.2, 0.25) is 12.2 Å². The third-order valence-electron chi connectivity index (χ3n) is 6.70. The second-order valence-corrected chi connectivity index (χ2v) is 10.1. The Morgan fingerprint density at radius 1 is 0.875 bits per heavy atom. The molecule has 40 heavy (non-hydrogen) atoms. The Balaban J connectivity index is 2.15. The van der Waals surface area contributed by atoms with Crippen LogP contribution in [-0.4, -0.2) is 53.7 Å². The van der Waals surface area contributed by atoms with Crippen molar-refractivity contribution in [2.75, 3.05) is 6.54 Å². The lowest BCUT2D eigenvalue weighted by Crippen LogP contribution is -2.45. The fraction of sp³-hybridized carbons (Fsp3) is 0.633. The average Bonchev–Trinajstić information content (AvgIpc) is 2.95. The largest absolute Gasteiger partial charge is 0.480 e. The maximum atomic E-state index is 12.4. The zero-order valence-electron chi connectivity index (χ0n) is 23.5. The molecule has 0 fully saturated rings. The van der Waals surface area contributed by atoms with Crippen molar-refractivity contribution in [3.8, 4) is 0 Å². The summed E-state index contributed by atoms with van der Waals surface area (Å²) in [6.07, 6.45) is 10.7. The summed E-state index contributed by atoms with van der Waals surface area (Å²) in [6.45, 7) is 0.768. The summed E-state index contributed by atoms with van der Waals surface area (Å²) in [6, 6.07) is 7.32. The molecule has 1 unspecified atom stereocenters. The Hall–Kier alpha value is -3.11. The van der Waals surface area contributed by atoms with Crippen molar-refractivity contribution >= 4 is 29.9 Å². The molecule has 223 valence electrons. The van der Waals surface area contributed by atoms with E-state index >= 15 is 0 Å². The van der Waals surface area contributed by atoms with Gasteiger partial charge in [-0.05, 0) is 44.2 Å². The topological polar surface area (TPSA) is 179 Å². The van der Waals surface area contributed by atoms with Crippen molar-refractivity contribution in [3.05, 3.63) is 35.9 Å². The first-order chi connectivity index (χ1) is 19.3. The molecule has 1 rings (SSSR count). The molecule has 10 heteroatoms. The number of carboxylic acid groups (broad SMARTS) is 1. The van der Waals surface area contributed by atoms with Gasteiger partial charge in [-0.2, -0.15) is 0 Å². The first-order valence-corrected chi connectivity index (χ1v) is 14.4. The Labute approximate surface area is 237 Å². The molecule has 10 nitrogen and oxygen atoms in total. The quantitative estimate of drug-likeness (QED) is 0.0838. The number of carboxylic acids is 1. The lowest BCUT2D eigenvalue weighted by Gasteiger charge is -2.19. The molecule has 0 heterocycles. The van der Waals surface area contributed by atoms with E-state index in [0.717, 1.165) is 50.5 Å². The summed E-state index contributed by atoms with van der Waals surface area (Å²) in [4.78, 5) is 59.5. The molecule has 0 aliphatic heterocycles. The van der Waals surface area contributed by atoms with Gasteiger partial charge in [-0.1, -0.05) is 75.3 Å². The molecule has 0 saturated carbocycles. The second kappa shape index (κ2) is 21.7. The molecular weight excluding hydrogens is 514 g/mol. The van der Waals surface area contributed by atoms with Crippen molar-refractivity contribution in [2.45, 2.75) is 109 Å². The summed E-state index contributed by atoms with van der Waals surface area (Å²) in [5.74, 6) is -3.82. The van der Waals surface area contributed by atoms with Gasteiger partial charge < -0.3 is 26.6 Å². The number of esters is 1. The lowest BCUT2D eigenvalue weighted by atomic mass is 9.90. The molecule has 1 radical (unpaired) electrons. The Morgan fingerprint density at radius 2 is 1.48 bits per heavy atom. The predicted molar refractivity (Wildman–Crippen MR) is 152 cm³/mol. The number of aliphatic carboxylic acids is 1. The monoisotopic (exact) mass is 560 g/mol. The average molecular weight is 561 g/mol. The number of Topliss-reactive ketones (excluding diaryl/α,β-unsaturated/α-hetero) is 1. The summed E-state index contributed by atoms with van der Waals surface area (Å²) in [7, 11) is 0. The highest BCUT2D eigenvalue weighted by molar-refractivity contribution is 5.97. The van der Waals surface area contributed by atoms with Crippen molar-refractivity contribution in [3.63, 3.8) is 0 Å². The molecule has 1 aromatic rings. The normalized spacial score (nSPS) is 13.2. The van der Waals surface area contributed by atoms with E-state index in [0.29, 0.717) is 45.3 Å².